The maximum absolute atomic E-state index is 16.4. The van der Waals surface area contributed by atoms with Gasteiger partial charge in [0.1, 0.15) is 102 Å². The average Bonchev–Trinajstić information content (AvgIpc) is 1.39. The van der Waals surface area contributed by atoms with Crippen molar-refractivity contribution in [2.24, 2.45) is 0 Å². The topological polar surface area (TPSA) is 202 Å². The van der Waals surface area contributed by atoms with E-state index in [-0.39, 0.29) is 134 Å². The summed E-state index contributed by atoms with van der Waals surface area (Å²) in [6.45, 7) is 1.48. The van der Waals surface area contributed by atoms with Crippen LogP contribution < -0.4 is 28.7 Å². The van der Waals surface area contributed by atoms with Crippen molar-refractivity contribution in [1.29, 1.82) is 0 Å². The van der Waals surface area contributed by atoms with Gasteiger partial charge >= 0.3 is 12.4 Å². The number of anilines is 4. The molecule has 0 aliphatic carbocycles. The van der Waals surface area contributed by atoms with Gasteiger partial charge in [-0.15, -0.1) is 45.3 Å². The van der Waals surface area contributed by atoms with Crippen LogP contribution >= 0.6 is 45.3 Å². The summed E-state index contributed by atoms with van der Waals surface area (Å²) in [5.74, 6) is -8.43. The number of alkyl halides is 6. The number of fused-ring (bicyclic) bond motifs is 2. The minimum atomic E-state index is -5.22. The molecule has 6 amide bonds. The van der Waals surface area contributed by atoms with Crippen molar-refractivity contribution in [3.8, 4) is 46.0 Å². The van der Waals surface area contributed by atoms with Crippen molar-refractivity contribution >= 4 is 144 Å². The Morgan fingerprint density at radius 3 is 0.806 bits per heavy atom. The highest BCUT2D eigenvalue weighted by Crippen LogP contribution is 2.59. The van der Waals surface area contributed by atoms with Crippen LogP contribution in [0.2, 0.25) is 0 Å². The molecule has 9 aromatic carbocycles. The standard InChI is InChI=1S/C80H50F6N4O14S4/c81-79(82,83)33-47(77(95)89(61-25-21-57(105-61)53-35-97-53)62-26-22-58(106-62)54-36-98-54)87-73(91)43-29-49(101-39-13-5-1-6-14-39)67-68-50(102-40-15-7-2-8-16-40)30-45-66-46(32-52(104-42-19-11-4-12-20-42)70(72(66)68)69-51(103-41-17-9-3-10-18-41)31-44(74(87)92)65(43)71(67)69)76(94)88(75(45)93)48(34-80(84,85)86)78(96)90(63-27-23-59(107-63)55-37-99-55)64-28-24-60(108-64)56-38-100-56/h1-32,47-48,53-56H,33-38H2. The smallest absolute Gasteiger partial charge is 0.391 e. The number of carbonyl (C=O) groups is 6. The van der Waals surface area contributed by atoms with E-state index in [1.807, 2.05) is 0 Å². The van der Waals surface area contributed by atoms with E-state index in [9.17, 15) is 0 Å². The summed E-state index contributed by atoms with van der Waals surface area (Å²) in [6, 6.07) is 45.4. The number of carbonyl (C=O) groups excluding carboxylic acids is 6. The molecule has 6 atom stereocenters. The fourth-order valence-electron chi connectivity index (χ4n) is 14.3. The minimum Gasteiger partial charge on any atom is -0.457 e. The third-order valence-corrected chi connectivity index (χ3v) is 23.9. The molecule has 6 aliphatic heterocycles. The number of nitrogens with zero attached hydrogens (tertiary/aromatic N) is 4. The summed E-state index contributed by atoms with van der Waals surface area (Å²) < 4.78 is 145. The fraction of sp³-hybridized carbons (Fsp3) is 0.175. The molecule has 28 heteroatoms. The van der Waals surface area contributed by atoms with Crippen molar-refractivity contribution in [2.45, 2.75) is 61.7 Å². The predicted molar refractivity (Wildman–Crippen MR) is 390 cm³/mol. The summed E-state index contributed by atoms with van der Waals surface area (Å²) in [5.41, 5.74) is -1.72. The Hall–Kier alpha value is -11.1. The lowest BCUT2D eigenvalue weighted by molar-refractivity contribution is -0.152. The summed E-state index contributed by atoms with van der Waals surface area (Å²) in [4.78, 5) is 103. The van der Waals surface area contributed by atoms with Crippen LogP contribution in [0.4, 0.5) is 46.3 Å². The van der Waals surface area contributed by atoms with Crippen molar-refractivity contribution in [2.75, 3.05) is 36.2 Å². The van der Waals surface area contributed by atoms with Crippen molar-refractivity contribution in [3.05, 3.63) is 236 Å². The molecule has 6 unspecified atom stereocenters. The summed E-state index contributed by atoms with van der Waals surface area (Å²) in [6.07, 6.45) is -15.8. The van der Waals surface area contributed by atoms with Crippen LogP contribution in [-0.4, -0.2) is 96.1 Å². The van der Waals surface area contributed by atoms with E-state index >= 15 is 55.1 Å². The highest BCUT2D eigenvalue weighted by molar-refractivity contribution is 7.19. The number of hydrogen-bond acceptors (Lipinski definition) is 18. The van der Waals surface area contributed by atoms with Gasteiger partial charge in [0.15, 0.2) is 0 Å². The molecular weight excluding hydrogens is 1480 g/mol. The first-order chi connectivity index (χ1) is 52.3. The van der Waals surface area contributed by atoms with E-state index in [1.165, 1.54) is 24.3 Å². The molecule has 0 saturated carbocycles. The maximum atomic E-state index is 16.4. The molecule has 10 heterocycles. The Morgan fingerprint density at radius 1 is 0.361 bits per heavy atom. The fourth-order valence-corrected chi connectivity index (χ4v) is 18.6. The van der Waals surface area contributed by atoms with Gasteiger partial charge in [-0.3, -0.25) is 48.4 Å². The van der Waals surface area contributed by atoms with Crippen molar-refractivity contribution < 1.29 is 93.0 Å². The predicted octanol–water partition coefficient (Wildman–Crippen LogP) is 20.0. The summed E-state index contributed by atoms with van der Waals surface area (Å²) in [7, 11) is 0. The van der Waals surface area contributed by atoms with Crippen LogP contribution in [-0.2, 0) is 28.5 Å². The SMILES string of the molecule is O=C(C(CC(F)(F)F)N1C(=O)c2cc(Oc3ccccc3)c3c4c(Oc5ccccc5)cc5c6c(cc(Oc7ccccc7)c(c7c(Oc8ccccc8)cc(c2c37)C1=O)c64)C(=O)N(C(CC(F)(F)F)C(=O)N(c1ccc(C2CO2)s1)c1ccc(C2CO2)s1)C5=O)N(c1ccc(C2CO2)s1)c1ccc(C2CO2)s1. The van der Waals surface area contributed by atoms with E-state index in [4.69, 9.17) is 37.9 Å². The second-order valence-corrected chi connectivity index (χ2v) is 30.7. The van der Waals surface area contributed by atoms with Crippen LogP contribution in [0, 0.1) is 0 Å². The van der Waals surface area contributed by atoms with Gasteiger partial charge in [-0.05, 0) is 121 Å². The molecule has 4 aromatic heterocycles. The molecule has 0 N–H and O–H groups in total. The first-order valence-electron chi connectivity index (χ1n) is 34.0. The molecule has 0 radical (unpaired) electrons. The van der Waals surface area contributed by atoms with Gasteiger partial charge in [-0.25, -0.2) is 0 Å². The Kier molecular flexibility index (Phi) is 16.1. The molecule has 19 rings (SSSR count). The summed E-state index contributed by atoms with van der Waals surface area (Å²) >= 11 is 4.38. The number of benzene rings is 9. The van der Waals surface area contributed by atoms with Gasteiger partial charge in [0, 0.05) is 62.6 Å². The molecule has 540 valence electrons. The monoisotopic (exact) mass is 1530 g/mol. The number of thiophene rings is 4. The van der Waals surface area contributed by atoms with Gasteiger partial charge in [0.25, 0.3) is 35.4 Å². The zero-order valence-corrected chi connectivity index (χ0v) is 58.9. The van der Waals surface area contributed by atoms with Crippen LogP contribution in [0.25, 0.3) is 43.1 Å². The largest absolute Gasteiger partial charge is 0.457 e. The normalized spacial score (nSPS) is 18.5. The first-order valence-corrected chi connectivity index (χ1v) is 37.2. The Labute approximate surface area is 622 Å². The highest BCUT2D eigenvalue weighted by Gasteiger charge is 2.53. The van der Waals surface area contributed by atoms with Crippen molar-refractivity contribution in [3.63, 3.8) is 0 Å². The van der Waals surface area contributed by atoms with Gasteiger partial charge in [-0.2, -0.15) is 26.3 Å². The van der Waals surface area contributed by atoms with Gasteiger partial charge in [0.05, 0.1) is 61.5 Å². The molecule has 0 spiro atoms. The van der Waals surface area contributed by atoms with Crippen LogP contribution in [0.3, 0.4) is 0 Å². The molecule has 0 bridgehead atoms. The first kappa shape index (κ1) is 67.5. The van der Waals surface area contributed by atoms with Crippen LogP contribution in [0.1, 0.15) is 98.2 Å². The second kappa shape index (κ2) is 25.8. The van der Waals surface area contributed by atoms with Crippen LogP contribution in [0.5, 0.6) is 46.0 Å². The second-order valence-electron chi connectivity index (χ2n) is 26.3. The number of epoxide rings is 4. The van der Waals surface area contributed by atoms with E-state index in [0.29, 0.717) is 55.7 Å². The molecular formula is C80H50F6N4O14S4. The number of amides is 6. The van der Waals surface area contributed by atoms with Gasteiger partial charge in [0.2, 0.25) is 0 Å². The van der Waals surface area contributed by atoms with E-state index in [0.717, 1.165) is 55.1 Å². The molecule has 4 fully saturated rings. The third kappa shape index (κ3) is 12.1. The van der Waals surface area contributed by atoms with Crippen molar-refractivity contribution in [1.82, 2.24) is 9.80 Å². The number of rotatable bonds is 22. The zero-order chi connectivity index (χ0) is 73.8. The Balaban J connectivity index is 0.884. The van der Waals surface area contributed by atoms with E-state index < -0.39 is 95.0 Å². The lowest BCUT2D eigenvalue weighted by Gasteiger charge is -2.37. The van der Waals surface area contributed by atoms with Gasteiger partial charge < -0.3 is 37.9 Å². The maximum Gasteiger partial charge on any atom is 0.391 e. The average molecular weight is 1530 g/mol. The third-order valence-electron chi connectivity index (χ3n) is 19.3. The molecule has 13 aromatic rings. The lowest BCUT2D eigenvalue weighted by Crippen LogP contribution is -2.55. The lowest BCUT2D eigenvalue weighted by atomic mass is 9.80. The van der Waals surface area contributed by atoms with E-state index in [1.54, 1.807) is 170 Å². The molecule has 4 saturated heterocycles. The van der Waals surface area contributed by atoms with Crippen LogP contribution in [0.15, 0.2) is 194 Å². The minimum absolute atomic E-state index is 0.0218. The molecule has 18 nitrogen and oxygen atoms in total. The Bertz CT molecular complexity index is 5210. The number of imide groups is 2. The van der Waals surface area contributed by atoms with E-state index in [2.05, 4.69) is 0 Å². The zero-order valence-electron chi connectivity index (χ0n) is 55.6. The van der Waals surface area contributed by atoms with Gasteiger partial charge in [-0.1, -0.05) is 72.8 Å². The highest BCUT2D eigenvalue weighted by atomic mass is 32.1. The number of para-hydroxylation sites is 4. The number of hydrogen-bond donors (Lipinski definition) is 0. The molecule has 6 aliphatic rings. The quantitative estimate of drug-likeness (QED) is 0.0204. The molecule has 108 heavy (non-hydrogen) atoms. The summed E-state index contributed by atoms with van der Waals surface area (Å²) in [5, 5.41) is 0.161. The Morgan fingerprint density at radius 2 is 0.593 bits per heavy atom. The number of halogens is 6. The number of ether oxygens (including phenoxy) is 8.